The fourth-order valence-corrected chi connectivity index (χ4v) is 5.22. The lowest BCUT2D eigenvalue weighted by molar-refractivity contribution is -0.142. The summed E-state index contributed by atoms with van der Waals surface area (Å²) in [5, 5.41) is 14.7. The number of rotatable bonds is 9. The van der Waals surface area contributed by atoms with Crippen molar-refractivity contribution < 1.29 is 19.0 Å². The first-order valence-corrected chi connectivity index (χ1v) is 12.5. The Morgan fingerprint density at radius 2 is 1.73 bits per heavy atom. The smallest absolute Gasteiger partial charge is 0.329 e. The largest absolute Gasteiger partial charge is 0.480 e. The lowest BCUT2D eigenvalue weighted by Gasteiger charge is -2.28. The van der Waals surface area contributed by atoms with Gasteiger partial charge in [0.05, 0.1) is 12.3 Å². The predicted octanol–water partition coefficient (Wildman–Crippen LogP) is 5.99. The fraction of sp³-hybridized carbons (Fsp3) is 0.385. The Morgan fingerprint density at radius 1 is 1.06 bits per heavy atom. The molecule has 0 atom stereocenters. The number of carboxylic acid groups (broad SMARTS) is 1. The average molecular weight is 469 g/mol. The topological polar surface area (TPSA) is 64.4 Å². The molecule has 1 heterocycles. The van der Waals surface area contributed by atoms with Crippen LogP contribution in [0, 0.1) is 17.7 Å². The average Bonchev–Trinajstić information content (AvgIpc) is 3.19. The van der Waals surface area contributed by atoms with Gasteiger partial charge in [0.15, 0.2) is 0 Å². The zero-order chi connectivity index (χ0) is 23.2. The summed E-state index contributed by atoms with van der Waals surface area (Å²) in [4.78, 5) is 10.7. The second-order valence-corrected chi connectivity index (χ2v) is 9.38. The van der Waals surface area contributed by atoms with Crippen molar-refractivity contribution in [3.8, 4) is 22.4 Å². The van der Waals surface area contributed by atoms with Gasteiger partial charge in [-0.3, -0.25) is 4.68 Å². The van der Waals surface area contributed by atoms with Gasteiger partial charge in [-0.25, -0.2) is 9.18 Å². The van der Waals surface area contributed by atoms with Crippen molar-refractivity contribution >= 4 is 17.7 Å². The number of carbonyl (C=O) groups is 1. The van der Waals surface area contributed by atoms with Gasteiger partial charge in [0.2, 0.25) is 0 Å². The van der Waals surface area contributed by atoms with Crippen molar-refractivity contribution in [1.29, 1.82) is 0 Å². The minimum absolute atomic E-state index is 0.228. The number of ether oxygens (including phenoxy) is 1. The van der Waals surface area contributed by atoms with Gasteiger partial charge in [0.1, 0.15) is 17.5 Å². The van der Waals surface area contributed by atoms with E-state index in [0.29, 0.717) is 18.4 Å². The molecule has 0 saturated heterocycles. The zero-order valence-corrected chi connectivity index (χ0v) is 19.6. The maximum Gasteiger partial charge on any atom is 0.329 e. The van der Waals surface area contributed by atoms with E-state index in [2.05, 4.69) is 16.8 Å². The normalized spacial score (nSPS) is 18.4. The van der Waals surface area contributed by atoms with Gasteiger partial charge in [0, 0.05) is 17.7 Å². The summed E-state index contributed by atoms with van der Waals surface area (Å²) in [6.07, 6.45) is 6.20. The summed E-state index contributed by atoms with van der Waals surface area (Å²) < 4.78 is 21.1. The van der Waals surface area contributed by atoms with Crippen LogP contribution in [0.2, 0.25) is 0 Å². The highest BCUT2D eigenvalue weighted by Crippen LogP contribution is 2.40. The third-order valence-electron chi connectivity index (χ3n) is 6.27. The molecule has 0 radical (unpaired) electrons. The number of hydrogen-bond acceptors (Lipinski definition) is 4. The number of nitrogens with zero attached hydrogens (tertiary/aromatic N) is 2. The molecule has 1 N–H and O–H groups in total. The molecule has 5 nitrogen and oxygen atoms in total. The summed E-state index contributed by atoms with van der Waals surface area (Å²) >= 11 is 1.63. The van der Waals surface area contributed by atoms with E-state index in [1.165, 1.54) is 12.1 Å². The van der Waals surface area contributed by atoms with Crippen molar-refractivity contribution in [2.24, 2.45) is 11.8 Å². The second-order valence-electron chi connectivity index (χ2n) is 8.58. The van der Waals surface area contributed by atoms with Crippen LogP contribution in [0.3, 0.4) is 0 Å². The minimum atomic E-state index is -0.922. The van der Waals surface area contributed by atoms with Crippen LogP contribution in [0.15, 0.2) is 59.6 Å². The Balaban J connectivity index is 1.58. The number of aliphatic carboxylic acids is 1. The maximum atomic E-state index is 13.7. The van der Waals surface area contributed by atoms with E-state index in [9.17, 15) is 9.18 Å². The third kappa shape index (κ3) is 5.84. The molecule has 1 fully saturated rings. The molecule has 0 amide bonds. The van der Waals surface area contributed by atoms with E-state index >= 15 is 0 Å². The molecule has 7 heteroatoms. The number of thioether (sulfide) groups is 1. The number of benzene rings is 2. The van der Waals surface area contributed by atoms with Gasteiger partial charge in [-0.2, -0.15) is 5.10 Å². The Morgan fingerprint density at radius 3 is 2.36 bits per heavy atom. The molecule has 1 aliphatic carbocycles. The molecule has 2 aromatic carbocycles. The first-order valence-electron chi connectivity index (χ1n) is 11.3. The van der Waals surface area contributed by atoms with Gasteiger partial charge in [-0.15, -0.1) is 11.8 Å². The minimum Gasteiger partial charge on any atom is -0.480 e. The van der Waals surface area contributed by atoms with Crippen LogP contribution in [0.4, 0.5) is 4.39 Å². The lowest BCUT2D eigenvalue weighted by Crippen LogP contribution is -2.23. The molecule has 0 aliphatic heterocycles. The van der Waals surface area contributed by atoms with Gasteiger partial charge in [-0.05, 0) is 73.6 Å². The summed E-state index contributed by atoms with van der Waals surface area (Å²) in [7, 11) is 0. The summed E-state index contributed by atoms with van der Waals surface area (Å²) in [6, 6.07) is 16.9. The van der Waals surface area contributed by atoms with Crippen LogP contribution in [0.1, 0.15) is 25.7 Å². The van der Waals surface area contributed by atoms with Crippen molar-refractivity contribution in [3.05, 3.63) is 60.4 Å². The number of halogens is 1. The van der Waals surface area contributed by atoms with Crippen LogP contribution in [0.5, 0.6) is 0 Å². The highest BCUT2D eigenvalue weighted by Gasteiger charge is 2.26. The summed E-state index contributed by atoms with van der Waals surface area (Å²) in [6.45, 7) is 1.08. The molecule has 33 heavy (non-hydrogen) atoms. The molecule has 1 aliphatic rings. The van der Waals surface area contributed by atoms with E-state index in [1.54, 1.807) is 11.8 Å². The Labute approximate surface area is 198 Å². The van der Waals surface area contributed by atoms with E-state index in [4.69, 9.17) is 14.9 Å². The molecular formula is C26H29FN2O3S. The Hall–Kier alpha value is -2.64. The standard InChI is InChI=1S/C26H29FN2O3S/c1-33-26-24(20-5-3-2-4-6-20)25(21-11-13-22(27)14-12-21)29(28-26)15-18-7-9-19(10-8-18)16-32-17-23(30)31/h2-6,11-14,18-19H,7-10,15-17H2,1H3,(H,30,31)/t18-,19+. The number of aromatic nitrogens is 2. The van der Waals surface area contributed by atoms with Gasteiger partial charge < -0.3 is 9.84 Å². The van der Waals surface area contributed by atoms with E-state index < -0.39 is 5.97 Å². The monoisotopic (exact) mass is 468 g/mol. The highest BCUT2D eigenvalue weighted by molar-refractivity contribution is 7.98. The molecule has 3 aromatic rings. The van der Waals surface area contributed by atoms with Crippen LogP contribution in [0.25, 0.3) is 22.4 Å². The lowest BCUT2D eigenvalue weighted by atomic mass is 9.82. The number of hydrogen-bond donors (Lipinski definition) is 1. The van der Waals surface area contributed by atoms with Gasteiger partial charge in [-0.1, -0.05) is 30.3 Å². The van der Waals surface area contributed by atoms with Crippen molar-refractivity contribution in [2.45, 2.75) is 37.3 Å². The van der Waals surface area contributed by atoms with E-state index in [1.807, 2.05) is 36.6 Å². The van der Waals surface area contributed by atoms with Gasteiger partial charge in [0.25, 0.3) is 0 Å². The maximum absolute atomic E-state index is 13.7. The Bertz CT molecular complexity index is 1060. The van der Waals surface area contributed by atoms with Crippen LogP contribution < -0.4 is 0 Å². The second kappa shape index (κ2) is 11.0. The molecule has 1 saturated carbocycles. The van der Waals surface area contributed by atoms with Crippen molar-refractivity contribution in [3.63, 3.8) is 0 Å². The van der Waals surface area contributed by atoms with Crippen LogP contribution >= 0.6 is 11.8 Å². The molecule has 0 bridgehead atoms. The summed E-state index contributed by atoms with van der Waals surface area (Å²) in [5.74, 6) is -0.274. The predicted molar refractivity (Wildman–Crippen MR) is 129 cm³/mol. The van der Waals surface area contributed by atoms with E-state index in [0.717, 1.165) is 59.6 Å². The zero-order valence-electron chi connectivity index (χ0n) is 18.7. The van der Waals surface area contributed by atoms with Crippen LogP contribution in [-0.2, 0) is 16.1 Å². The van der Waals surface area contributed by atoms with Gasteiger partial charge >= 0.3 is 5.97 Å². The van der Waals surface area contributed by atoms with Crippen molar-refractivity contribution in [2.75, 3.05) is 19.5 Å². The third-order valence-corrected chi connectivity index (χ3v) is 6.94. The summed E-state index contributed by atoms with van der Waals surface area (Å²) in [5.41, 5.74) is 4.17. The molecule has 0 spiro atoms. The molecular weight excluding hydrogens is 439 g/mol. The first-order chi connectivity index (χ1) is 16.0. The SMILES string of the molecule is CSc1nn(C[C@H]2CC[C@@H](COCC(=O)O)CC2)c(-c2ccc(F)cc2)c1-c1ccccc1. The molecule has 1 aromatic heterocycles. The molecule has 0 unspecified atom stereocenters. The fourth-order valence-electron chi connectivity index (χ4n) is 4.62. The molecule has 174 valence electrons. The van der Waals surface area contributed by atoms with Crippen LogP contribution in [-0.4, -0.2) is 40.3 Å². The Kier molecular flexibility index (Phi) is 7.83. The molecule has 4 rings (SSSR count). The number of carboxylic acids is 1. The first kappa shape index (κ1) is 23.5. The van der Waals surface area contributed by atoms with Crippen molar-refractivity contribution in [1.82, 2.24) is 9.78 Å². The quantitative estimate of drug-likeness (QED) is 0.391. The highest BCUT2D eigenvalue weighted by atomic mass is 32.2. The van der Waals surface area contributed by atoms with E-state index in [-0.39, 0.29) is 12.4 Å².